The van der Waals surface area contributed by atoms with Crippen LogP contribution in [0.15, 0.2) is 15.1 Å². The zero-order valence-corrected chi connectivity index (χ0v) is 14.5. The molecule has 0 amide bonds. The predicted molar refractivity (Wildman–Crippen MR) is 85.0 cm³/mol. The van der Waals surface area contributed by atoms with Gasteiger partial charge in [-0.25, -0.2) is 0 Å². The van der Waals surface area contributed by atoms with Crippen molar-refractivity contribution >= 4 is 0 Å². The van der Waals surface area contributed by atoms with Crippen LogP contribution in [0.1, 0.15) is 101 Å². The second-order valence-corrected chi connectivity index (χ2v) is 6.83. The van der Waals surface area contributed by atoms with Gasteiger partial charge >= 0.3 is 0 Å². The Hall–Kier alpha value is -1.65. The first-order valence-electron chi connectivity index (χ1n) is 8.18. The summed E-state index contributed by atoms with van der Waals surface area (Å²) >= 11 is 0. The van der Waals surface area contributed by atoms with Crippen molar-refractivity contribution in [3.8, 4) is 0 Å². The van der Waals surface area contributed by atoms with Crippen molar-refractivity contribution in [3.63, 3.8) is 0 Å². The average molecular weight is 305 g/mol. The summed E-state index contributed by atoms with van der Waals surface area (Å²) in [7, 11) is 0. The van der Waals surface area contributed by atoms with Gasteiger partial charge < -0.3 is 9.05 Å². The third-order valence-electron chi connectivity index (χ3n) is 4.05. The Labute approximate surface area is 132 Å². The van der Waals surface area contributed by atoms with Gasteiger partial charge in [-0.3, -0.25) is 0 Å². The molecule has 2 aromatic rings. The number of hydrogen-bond acceptors (Lipinski definition) is 5. The molecule has 0 fully saturated rings. The summed E-state index contributed by atoms with van der Waals surface area (Å²) < 4.78 is 10.7. The van der Waals surface area contributed by atoms with E-state index in [0.717, 1.165) is 30.1 Å². The van der Waals surface area contributed by atoms with E-state index in [1.54, 1.807) is 0 Å². The minimum Gasteiger partial charge on any atom is -0.361 e. The van der Waals surface area contributed by atoms with E-state index >= 15 is 0 Å². The summed E-state index contributed by atoms with van der Waals surface area (Å²) in [5, 5.41) is 8.22. The van der Waals surface area contributed by atoms with Gasteiger partial charge in [0.1, 0.15) is 5.76 Å². The maximum absolute atomic E-state index is 5.46. The maximum Gasteiger partial charge on any atom is 0.229 e. The van der Waals surface area contributed by atoms with Crippen molar-refractivity contribution in [2.75, 3.05) is 0 Å². The van der Waals surface area contributed by atoms with Crippen LogP contribution in [0.5, 0.6) is 0 Å². The van der Waals surface area contributed by atoms with Gasteiger partial charge in [-0.2, -0.15) is 4.98 Å². The molecule has 0 radical (unpaired) electrons. The fraction of sp³-hybridized carbons (Fsp3) is 0.706. The Balaban J connectivity index is 1.90. The Morgan fingerprint density at radius 1 is 0.864 bits per heavy atom. The quantitative estimate of drug-likeness (QED) is 0.720. The van der Waals surface area contributed by atoms with Gasteiger partial charge in [0.25, 0.3) is 0 Å². The molecule has 22 heavy (non-hydrogen) atoms. The lowest BCUT2D eigenvalue weighted by Crippen LogP contribution is -2.00. The Morgan fingerprint density at radius 3 is 2.09 bits per heavy atom. The van der Waals surface area contributed by atoms with Crippen LogP contribution in [0.25, 0.3) is 0 Å². The summed E-state index contributed by atoms with van der Waals surface area (Å²) in [6, 6.07) is 2.07. The lowest BCUT2D eigenvalue weighted by molar-refractivity contribution is 0.345. The molecule has 0 saturated carbocycles. The Morgan fingerprint density at radius 2 is 1.55 bits per heavy atom. The van der Waals surface area contributed by atoms with Crippen molar-refractivity contribution < 1.29 is 9.05 Å². The molecule has 0 saturated heterocycles. The number of nitrogens with zero attached hydrogens (tertiary/aromatic N) is 3. The van der Waals surface area contributed by atoms with Crippen LogP contribution in [-0.4, -0.2) is 15.3 Å². The Bertz CT molecular complexity index is 534. The highest BCUT2D eigenvalue weighted by atomic mass is 16.5. The van der Waals surface area contributed by atoms with E-state index in [-0.39, 0.29) is 11.8 Å². The van der Waals surface area contributed by atoms with Gasteiger partial charge in [0.05, 0.1) is 5.69 Å². The van der Waals surface area contributed by atoms with Gasteiger partial charge in [0.15, 0.2) is 5.82 Å². The molecule has 0 N–H and O–H groups in total. The molecule has 2 heterocycles. The summed E-state index contributed by atoms with van der Waals surface area (Å²) in [5.41, 5.74) is 1.02. The molecule has 2 aromatic heterocycles. The summed E-state index contributed by atoms with van der Waals surface area (Å²) in [5.74, 6) is 3.79. The topological polar surface area (TPSA) is 65.0 Å². The largest absolute Gasteiger partial charge is 0.361 e. The van der Waals surface area contributed by atoms with E-state index in [2.05, 4.69) is 62.9 Å². The smallest absolute Gasteiger partial charge is 0.229 e. The van der Waals surface area contributed by atoms with E-state index in [1.165, 1.54) is 0 Å². The maximum atomic E-state index is 5.46. The van der Waals surface area contributed by atoms with Gasteiger partial charge in [0, 0.05) is 23.8 Å². The van der Waals surface area contributed by atoms with Crippen LogP contribution in [-0.2, 0) is 0 Å². The lowest BCUT2D eigenvalue weighted by atomic mass is 9.95. The van der Waals surface area contributed by atoms with Crippen molar-refractivity contribution in [1.29, 1.82) is 0 Å². The summed E-state index contributed by atoms with van der Waals surface area (Å²) in [4.78, 5) is 4.47. The van der Waals surface area contributed by atoms with E-state index in [9.17, 15) is 0 Å². The van der Waals surface area contributed by atoms with Crippen molar-refractivity contribution in [3.05, 3.63) is 29.2 Å². The first-order chi connectivity index (χ1) is 10.4. The molecule has 0 bridgehead atoms. The van der Waals surface area contributed by atoms with Gasteiger partial charge in [-0.15, -0.1) is 0 Å². The summed E-state index contributed by atoms with van der Waals surface area (Å²) in [6.45, 7) is 12.7. The highest BCUT2D eigenvalue weighted by Crippen LogP contribution is 2.28. The van der Waals surface area contributed by atoms with Crippen LogP contribution in [0.2, 0.25) is 0 Å². The number of aromatic nitrogens is 3. The van der Waals surface area contributed by atoms with Crippen LogP contribution in [0.4, 0.5) is 0 Å². The first-order valence-corrected chi connectivity index (χ1v) is 8.18. The molecule has 2 unspecified atom stereocenters. The van der Waals surface area contributed by atoms with Crippen LogP contribution in [0.3, 0.4) is 0 Å². The van der Waals surface area contributed by atoms with E-state index in [1.807, 2.05) is 0 Å². The number of rotatable bonds is 7. The molecule has 0 aliphatic carbocycles. The second-order valence-electron chi connectivity index (χ2n) is 6.83. The van der Waals surface area contributed by atoms with E-state index in [0.29, 0.717) is 17.7 Å². The van der Waals surface area contributed by atoms with Crippen LogP contribution < -0.4 is 0 Å². The SMILES string of the molecule is CC(C)c1cc(C(C)CCC(C)c2noc(C(C)C)n2)on1. The zero-order chi connectivity index (χ0) is 16.3. The zero-order valence-electron chi connectivity index (χ0n) is 14.5. The van der Waals surface area contributed by atoms with E-state index in [4.69, 9.17) is 9.05 Å². The average Bonchev–Trinajstić information content (AvgIpc) is 3.12. The highest BCUT2D eigenvalue weighted by Gasteiger charge is 2.19. The van der Waals surface area contributed by atoms with Crippen LogP contribution in [0, 0.1) is 0 Å². The predicted octanol–water partition coefficient (Wildman–Crippen LogP) is 4.99. The third-order valence-corrected chi connectivity index (χ3v) is 4.05. The number of hydrogen-bond donors (Lipinski definition) is 0. The fourth-order valence-electron chi connectivity index (χ4n) is 2.26. The molecular weight excluding hydrogens is 278 g/mol. The molecule has 0 aliphatic rings. The summed E-state index contributed by atoms with van der Waals surface area (Å²) in [6.07, 6.45) is 2.01. The van der Waals surface area contributed by atoms with Crippen molar-refractivity contribution in [1.82, 2.24) is 15.3 Å². The van der Waals surface area contributed by atoms with E-state index < -0.39 is 0 Å². The normalized spacial score (nSPS) is 14.7. The molecule has 2 atom stereocenters. The lowest BCUT2D eigenvalue weighted by Gasteiger charge is -2.10. The Kier molecular flexibility index (Phi) is 5.37. The molecular formula is C17H27N3O2. The minimum atomic E-state index is 0.274. The van der Waals surface area contributed by atoms with Crippen molar-refractivity contribution in [2.45, 2.75) is 78.1 Å². The molecule has 0 aromatic carbocycles. The molecule has 2 rings (SSSR count). The van der Waals surface area contributed by atoms with Crippen LogP contribution >= 0.6 is 0 Å². The van der Waals surface area contributed by atoms with Gasteiger partial charge in [0.2, 0.25) is 5.89 Å². The molecule has 0 aliphatic heterocycles. The molecule has 5 heteroatoms. The minimum absolute atomic E-state index is 0.274. The first kappa shape index (κ1) is 16.7. The van der Waals surface area contributed by atoms with Gasteiger partial charge in [-0.1, -0.05) is 51.9 Å². The molecule has 122 valence electrons. The third kappa shape index (κ3) is 3.96. The molecule has 5 nitrogen and oxygen atoms in total. The standard InChI is InChI=1S/C17H27N3O2/c1-10(2)14-9-15(21-19-14)12(5)7-8-13(6)16-18-17(11(3)4)22-20-16/h9-13H,7-8H2,1-6H3. The highest BCUT2D eigenvalue weighted by molar-refractivity contribution is 5.12. The second kappa shape index (κ2) is 7.07. The fourth-order valence-corrected chi connectivity index (χ4v) is 2.26. The molecule has 0 spiro atoms. The van der Waals surface area contributed by atoms with Gasteiger partial charge in [-0.05, 0) is 18.8 Å². The monoisotopic (exact) mass is 305 g/mol. The van der Waals surface area contributed by atoms with Crippen molar-refractivity contribution in [2.24, 2.45) is 0 Å².